The van der Waals surface area contributed by atoms with E-state index < -0.39 is 30.9 Å². The van der Waals surface area contributed by atoms with E-state index >= 15 is 0 Å². The van der Waals surface area contributed by atoms with Crippen molar-refractivity contribution in [3.63, 3.8) is 0 Å². The number of benzene rings is 3. The van der Waals surface area contributed by atoms with Crippen molar-refractivity contribution in [3.05, 3.63) is 107 Å². The third kappa shape index (κ3) is 3.90. The van der Waals surface area contributed by atoms with Crippen molar-refractivity contribution in [1.29, 1.82) is 0 Å². The molecule has 0 aliphatic carbocycles. The van der Waals surface area contributed by atoms with E-state index in [-0.39, 0.29) is 0 Å². The second kappa shape index (κ2) is 7.56. The van der Waals surface area contributed by atoms with Gasteiger partial charge < -0.3 is 0 Å². The third-order valence-electron chi connectivity index (χ3n) is 4.34. The minimum absolute atomic E-state index is 0.425. The van der Waals surface area contributed by atoms with Crippen LogP contribution in [0.5, 0.6) is 0 Å². The topological polar surface area (TPSA) is 52.6 Å². The Morgan fingerprint density at radius 1 is 0.593 bits per heavy atom. The van der Waals surface area contributed by atoms with Crippen molar-refractivity contribution in [1.82, 2.24) is 0 Å². The van der Waals surface area contributed by atoms with Gasteiger partial charge in [-0.25, -0.2) is 0 Å². The van der Waals surface area contributed by atoms with Crippen molar-refractivity contribution < 1.29 is 15.8 Å². The second-order valence-electron chi connectivity index (χ2n) is 6.27. The van der Waals surface area contributed by atoms with Crippen LogP contribution in [0.4, 0.5) is 0 Å². The Bertz CT molecular complexity index is 889. The van der Waals surface area contributed by atoms with Gasteiger partial charge in [0.1, 0.15) is 0 Å². The molecule has 3 aromatic rings. The van der Waals surface area contributed by atoms with Crippen LogP contribution < -0.4 is 0 Å². The minimum atomic E-state index is -3.78. The van der Waals surface area contributed by atoms with Crippen LogP contribution in [0, 0.1) is 0 Å². The van der Waals surface area contributed by atoms with Crippen molar-refractivity contribution in [2.24, 2.45) is 0 Å². The van der Waals surface area contributed by atoms with E-state index in [0.29, 0.717) is 20.1 Å². The Morgan fingerprint density at radius 3 is 1.37 bits per heavy atom. The van der Waals surface area contributed by atoms with E-state index in [4.69, 9.17) is 6.20 Å². The number of carbonyl (C=O) groups excluding carboxylic acids is 2. The van der Waals surface area contributed by atoms with Crippen LogP contribution in [0.3, 0.4) is 0 Å². The Labute approximate surface area is 162 Å². The van der Waals surface area contributed by atoms with Crippen LogP contribution in [0.25, 0.3) is 0 Å². The molecule has 1 aliphatic heterocycles. The summed E-state index contributed by atoms with van der Waals surface area (Å²) in [6, 6.07) is 25.6. The van der Waals surface area contributed by atoms with Crippen LogP contribution in [0.1, 0.15) is 31.8 Å². The van der Waals surface area contributed by atoms with Gasteiger partial charge in [0.25, 0.3) is 0 Å². The van der Waals surface area contributed by atoms with Crippen LogP contribution in [0.15, 0.2) is 84.9 Å². The predicted octanol–water partition coefficient (Wildman–Crippen LogP) is 4.02. The van der Waals surface area contributed by atoms with Gasteiger partial charge in [0.15, 0.2) is 0 Å². The summed E-state index contributed by atoms with van der Waals surface area (Å²) in [5, 5.41) is 0. The summed E-state index contributed by atoms with van der Waals surface area (Å²) in [6.45, 7) is 0. The maximum absolute atomic E-state index is 12.7. The van der Waals surface area contributed by atoms with Crippen molar-refractivity contribution in [2.75, 3.05) is 0 Å². The Hall–Kier alpha value is -2.61. The molecule has 0 fully saturated rings. The maximum atomic E-state index is 12.7. The summed E-state index contributed by atoms with van der Waals surface area (Å²) in [6.07, 6.45) is 0. The molecule has 0 saturated carbocycles. The van der Waals surface area contributed by atoms with Gasteiger partial charge in [-0.3, -0.25) is 0 Å². The summed E-state index contributed by atoms with van der Waals surface area (Å²) in [4.78, 5) is 25.4. The summed E-state index contributed by atoms with van der Waals surface area (Å²) < 4.78 is 13.0. The monoisotopic (exact) mass is 476 g/mol. The quantitative estimate of drug-likeness (QED) is 0.537. The van der Waals surface area contributed by atoms with E-state index in [9.17, 15) is 9.59 Å². The number of hydrogen-bond donors (Lipinski definition) is 0. The summed E-state index contributed by atoms with van der Waals surface area (Å²) in [7, 11) is 0. The van der Waals surface area contributed by atoms with Crippen LogP contribution in [-0.4, -0.2) is 30.9 Å². The van der Waals surface area contributed by atoms with Crippen LogP contribution >= 0.6 is 0 Å². The molecule has 4 nitrogen and oxygen atoms in total. The summed E-state index contributed by atoms with van der Waals surface area (Å²) in [5.74, 6) is -0.851. The SMILES string of the molecule is O=C(O[Te]1(OC(=O)c2ccccc2)Cc2ccccc2C1)c1ccccc1. The van der Waals surface area contributed by atoms with Gasteiger partial charge in [-0.05, 0) is 0 Å². The first-order valence-corrected chi connectivity index (χ1v) is 13.8. The zero-order chi connectivity index (χ0) is 18.7. The first kappa shape index (κ1) is 17.8. The molecule has 1 aliphatic rings. The molecule has 0 unspecified atom stereocenters. The number of fused-ring (bicyclic) bond motifs is 1. The molecule has 0 N–H and O–H groups in total. The van der Waals surface area contributed by atoms with E-state index in [0.717, 1.165) is 11.1 Å². The molecule has 27 heavy (non-hydrogen) atoms. The first-order valence-electron chi connectivity index (χ1n) is 8.58. The summed E-state index contributed by atoms with van der Waals surface area (Å²) in [5.41, 5.74) is 3.13. The summed E-state index contributed by atoms with van der Waals surface area (Å²) >= 11 is -3.78. The molecule has 0 atom stereocenters. The van der Waals surface area contributed by atoms with Gasteiger partial charge in [-0.15, -0.1) is 0 Å². The van der Waals surface area contributed by atoms with Crippen LogP contribution in [0.2, 0.25) is 0 Å². The Morgan fingerprint density at radius 2 is 0.963 bits per heavy atom. The molecule has 0 bridgehead atoms. The Balaban J connectivity index is 1.62. The number of rotatable bonds is 4. The molecule has 136 valence electrons. The molecule has 5 heteroatoms. The molecule has 1 heterocycles. The van der Waals surface area contributed by atoms with E-state index in [2.05, 4.69) is 0 Å². The zero-order valence-electron chi connectivity index (χ0n) is 14.5. The van der Waals surface area contributed by atoms with Crippen molar-refractivity contribution >= 4 is 30.9 Å². The normalized spacial score (nSPS) is 15.4. The molecule has 4 rings (SSSR count). The fourth-order valence-electron chi connectivity index (χ4n) is 3.02. The van der Waals surface area contributed by atoms with Gasteiger partial charge >= 0.3 is 163 Å². The van der Waals surface area contributed by atoms with Gasteiger partial charge in [0.05, 0.1) is 0 Å². The first-order chi connectivity index (χ1) is 13.2. The molecule has 3 aromatic carbocycles. The molecular formula is C22H18O4Te. The van der Waals surface area contributed by atoms with Gasteiger partial charge in [0, 0.05) is 0 Å². The molecule has 0 aromatic heterocycles. The van der Waals surface area contributed by atoms with Crippen molar-refractivity contribution in [3.8, 4) is 0 Å². The predicted molar refractivity (Wildman–Crippen MR) is 103 cm³/mol. The van der Waals surface area contributed by atoms with E-state index in [1.807, 2.05) is 36.4 Å². The number of carbonyl (C=O) groups is 2. The zero-order valence-corrected chi connectivity index (χ0v) is 16.9. The van der Waals surface area contributed by atoms with Crippen molar-refractivity contribution in [2.45, 2.75) is 8.94 Å². The van der Waals surface area contributed by atoms with E-state index in [1.165, 1.54) is 0 Å². The average Bonchev–Trinajstić information content (AvgIpc) is 3.06. The fourth-order valence-corrected chi connectivity index (χ4v) is 10.5. The number of hydrogen-bond acceptors (Lipinski definition) is 4. The average molecular weight is 474 g/mol. The standard InChI is InChI=1S/C22H18O4Te/c23-21(17-9-3-1-4-10-17)25-27(15-19-13-7-8-14-20(19)16-27)26-22(24)18-11-5-2-6-12-18/h1-14H,15-16H2. The molecule has 0 amide bonds. The second-order valence-corrected chi connectivity index (χ2v) is 13.1. The molecule has 0 saturated heterocycles. The Kier molecular flexibility index (Phi) is 4.98. The van der Waals surface area contributed by atoms with E-state index in [1.54, 1.807) is 48.5 Å². The third-order valence-corrected chi connectivity index (χ3v) is 11.2. The van der Waals surface area contributed by atoms with Crippen LogP contribution in [-0.2, 0) is 15.1 Å². The fraction of sp³-hybridized carbons (Fsp3) is 0.0909. The molecule has 0 spiro atoms. The van der Waals surface area contributed by atoms with Gasteiger partial charge in [-0.2, -0.15) is 0 Å². The van der Waals surface area contributed by atoms with Gasteiger partial charge in [-0.1, -0.05) is 0 Å². The van der Waals surface area contributed by atoms with Gasteiger partial charge in [0.2, 0.25) is 0 Å². The molecular weight excluding hydrogens is 456 g/mol. The molecule has 0 radical (unpaired) electrons.